The Morgan fingerprint density at radius 2 is 2.10 bits per heavy atom. The lowest BCUT2D eigenvalue weighted by atomic mass is 9.89. The van der Waals surface area contributed by atoms with E-state index in [1.54, 1.807) is 7.11 Å². The van der Waals surface area contributed by atoms with Gasteiger partial charge in [-0.05, 0) is 61.3 Å². The topological polar surface area (TPSA) is 60.0 Å². The van der Waals surface area contributed by atoms with Crippen LogP contribution in [0, 0.1) is 0 Å². The molecule has 1 N–H and O–H groups in total. The van der Waals surface area contributed by atoms with Crippen molar-refractivity contribution in [2.24, 2.45) is 0 Å². The first-order valence-corrected chi connectivity index (χ1v) is 11.2. The molecule has 0 unspecified atom stereocenters. The van der Waals surface area contributed by atoms with Crippen molar-refractivity contribution in [1.82, 2.24) is 10.2 Å². The van der Waals surface area contributed by atoms with Crippen LogP contribution in [-0.4, -0.2) is 63.0 Å². The molecule has 1 atom stereocenters. The predicted molar refractivity (Wildman–Crippen MR) is 111 cm³/mol. The molecular formula is C23H34N2O4. The van der Waals surface area contributed by atoms with Crippen LogP contribution in [0.2, 0.25) is 0 Å². The van der Waals surface area contributed by atoms with Crippen LogP contribution in [0.5, 0.6) is 5.75 Å². The molecule has 0 aromatic heterocycles. The summed E-state index contributed by atoms with van der Waals surface area (Å²) in [4.78, 5) is 15.2. The molecule has 1 aliphatic heterocycles. The fourth-order valence-electron chi connectivity index (χ4n) is 4.37. The fraction of sp³-hybridized carbons (Fsp3) is 0.696. The highest BCUT2D eigenvalue weighted by Gasteiger charge is 2.37. The normalized spacial score (nSPS) is 21.5. The van der Waals surface area contributed by atoms with Gasteiger partial charge in [-0.2, -0.15) is 0 Å². The van der Waals surface area contributed by atoms with Crippen molar-refractivity contribution in [3.05, 3.63) is 28.8 Å². The monoisotopic (exact) mass is 402 g/mol. The highest BCUT2D eigenvalue weighted by atomic mass is 16.5. The molecular weight excluding hydrogens is 368 g/mol. The average molecular weight is 403 g/mol. The van der Waals surface area contributed by atoms with Gasteiger partial charge in [-0.15, -0.1) is 0 Å². The van der Waals surface area contributed by atoms with E-state index in [9.17, 15) is 4.79 Å². The Morgan fingerprint density at radius 1 is 1.24 bits per heavy atom. The molecule has 1 saturated heterocycles. The number of carbonyl (C=O) groups excluding carboxylic acids is 1. The number of hydrogen-bond acceptors (Lipinski definition) is 5. The van der Waals surface area contributed by atoms with Gasteiger partial charge >= 0.3 is 0 Å². The van der Waals surface area contributed by atoms with Gasteiger partial charge in [0.15, 0.2) is 0 Å². The van der Waals surface area contributed by atoms with Crippen LogP contribution in [0.1, 0.15) is 48.8 Å². The Morgan fingerprint density at radius 3 is 2.86 bits per heavy atom. The number of amides is 1. The molecule has 29 heavy (non-hydrogen) atoms. The maximum atomic E-state index is 13.1. The summed E-state index contributed by atoms with van der Waals surface area (Å²) in [6.07, 6.45) is 7.35. The third kappa shape index (κ3) is 5.30. The third-order valence-corrected chi connectivity index (χ3v) is 6.06. The molecule has 1 heterocycles. The standard InChI is InChI=1S/C23H34N2O4/c1-27-10-4-11-28-21-14-17(13-18-5-2-3-6-20(18)21)16-25(19-7-8-19)23(26)22-15-24-9-12-29-22/h13-14,19,22,24H,2-12,15-16H2,1H3/t22-/m1/s1. The van der Waals surface area contributed by atoms with Crippen molar-refractivity contribution < 1.29 is 19.0 Å². The van der Waals surface area contributed by atoms with Crippen LogP contribution in [0.4, 0.5) is 0 Å². The van der Waals surface area contributed by atoms with E-state index in [0.717, 1.165) is 44.4 Å². The summed E-state index contributed by atoms with van der Waals surface area (Å²) >= 11 is 0. The number of ether oxygens (including phenoxy) is 3. The Kier molecular flexibility index (Phi) is 7.06. The van der Waals surface area contributed by atoms with Crippen LogP contribution < -0.4 is 10.1 Å². The van der Waals surface area contributed by atoms with E-state index >= 15 is 0 Å². The number of methoxy groups -OCH3 is 1. The second-order valence-electron chi connectivity index (χ2n) is 8.39. The van der Waals surface area contributed by atoms with Crippen molar-refractivity contribution >= 4 is 5.91 Å². The number of rotatable bonds is 9. The second kappa shape index (κ2) is 9.92. The minimum Gasteiger partial charge on any atom is -0.493 e. The van der Waals surface area contributed by atoms with Gasteiger partial charge in [0.1, 0.15) is 11.9 Å². The summed E-state index contributed by atoms with van der Waals surface area (Å²) in [5, 5.41) is 3.27. The van der Waals surface area contributed by atoms with Crippen molar-refractivity contribution in [2.45, 2.75) is 63.6 Å². The summed E-state index contributed by atoms with van der Waals surface area (Å²) < 4.78 is 17.0. The number of benzene rings is 1. The van der Waals surface area contributed by atoms with E-state index in [2.05, 4.69) is 17.4 Å². The first-order chi connectivity index (χ1) is 14.3. The largest absolute Gasteiger partial charge is 0.493 e. The number of morpholine rings is 1. The Balaban J connectivity index is 1.50. The SMILES string of the molecule is COCCCOc1cc(CN(C(=O)[C@H]2CNCCO2)C2CC2)cc2c1CCCC2. The average Bonchev–Trinajstić information content (AvgIpc) is 3.60. The minimum atomic E-state index is -0.355. The first-order valence-electron chi connectivity index (χ1n) is 11.2. The van der Waals surface area contributed by atoms with Gasteiger partial charge in [0, 0.05) is 45.8 Å². The highest BCUT2D eigenvalue weighted by Crippen LogP contribution is 2.34. The van der Waals surface area contributed by atoms with Crippen LogP contribution in [0.25, 0.3) is 0 Å². The van der Waals surface area contributed by atoms with E-state index < -0.39 is 0 Å². The van der Waals surface area contributed by atoms with E-state index in [1.807, 2.05) is 4.90 Å². The predicted octanol–water partition coefficient (Wildman–Crippen LogP) is 2.46. The van der Waals surface area contributed by atoms with E-state index in [1.165, 1.54) is 29.5 Å². The van der Waals surface area contributed by atoms with E-state index in [4.69, 9.17) is 14.2 Å². The van der Waals surface area contributed by atoms with Gasteiger partial charge in [-0.25, -0.2) is 0 Å². The van der Waals surface area contributed by atoms with Crippen LogP contribution >= 0.6 is 0 Å². The molecule has 0 spiro atoms. The van der Waals surface area contributed by atoms with Gasteiger partial charge in [0.2, 0.25) is 0 Å². The molecule has 160 valence electrons. The molecule has 4 rings (SSSR count). The quantitative estimate of drug-likeness (QED) is 0.643. The fourth-order valence-corrected chi connectivity index (χ4v) is 4.37. The van der Waals surface area contributed by atoms with Crippen LogP contribution in [0.3, 0.4) is 0 Å². The van der Waals surface area contributed by atoms with E-state index in [-0.39, 0.29) is 12.0 Å². The number of carbonyl (C=O) groups is 1. The lowest BCUT2D eigenvalue weighted by Gasteiger charge is -2.30. The van der Waals surface area contributed by atoms with Gasteiger partial charge < -0.3 is 24.4 Å². The smallest absolute Gasteiger partial charge is 0.253 e. The number of nitrogens with one attached hydrogen (secondary N) is 1. The third-order valence-electron chi connectivity index (χ3n) is 6.06. The van der Waals surface area contributed by atoms with E-state index in [0.29, 0.717) is 39.0 Å². The van der Waals surface area contributed by atoms with Crippen molar-refractivity contribution in [1.29, 1.82) is 0 Å². The Bertz CT molecular complexity index is 698. The summed E-state index contributed by atoms with van der Waals surface area (Å²) in [7, 11) is 1.72. The zero-order valence-electron chi connectivity index (χ0n) is 17.6. The molecule has 2 fully saturated rings. The first kappa shape index (κ1) is 20.6. The molecule has 1 amide bonds. The number of fused-ring (bicyclic) bond motifs is 1. The van der Waals surface area contributed by atoms with Gasteiger partial charge in [0.05, 0.1) is 13.2 Å². The lowest BCUT2D eigenvalue weighted by molar-refractivity contribution is -0.146. The summed E-state index contributed by atoms with van der Waals surface area (Å²) in [5.74, 6) is 1.13. The molecule has 1 saturated carbocycles. The molecule has 6 nitrogen and oxygen atoms in total. The Hall–Kier alpha value is -1.63. The van der Waals surface area contributed by atoms with Crippen LogP contribution in [-0.2, 0) is 33.7 Å². The number of aryl methyl sites for hydroxylation is 1. The highest BCUT2D eigenvalue weighted by molar-refractivity contribution is 5.82. The second-order valence-corrected chi connectivity index (χ2v) is 8.39. The van der Waals surface area contributed by atoms with Gasteiger partial charge in [-0.3, -0.25) is 4.79 Å². The van der Waals surface area contributed by atoms with Crippen molar-refractivity contribution in [3.63, 3.8) is 0 Å². The number of hydrogen-bond donors (Lipinski definition) is 1. The summed E-state index contributed by atoms with van der Waals surface area (Å²) in [6.45, 7) is 4.05. The minimum absolute atomic E-state index is 0.125. The zero-order chi connectivity index (χ0) is 20.1. The summed E-state index contributed by atoms with van der Waals surface area (Å²) in [5.41, 5.74) is 3.94. The van der Waals surface area contributed by atoms with Gasteiger partial charge in [0.25, 0.3) is 5.91 Å². The molecule has 0 radical (unpaired) electrons. The maximum Gasteiger partial charge on any atom is 0.253 e. The van der Waals surface area contributed by atoms with Gasteiger partial charge in [-0.1, -0.05) is 6.07 Å². The molecule has 2 aliphatic carbocycles. The molecule has 6 heteroatoms. The maximum absolute atomic E-state index is 13.1. The molecule has 1 aromatic rings. The molecule has 3 aliphatic rings. The Labute approximate surface area is 173 Å². The number of nitrogens with zero attached hydrogens (tertiary/aromatic N) is 1. The summed E-state index contributed by atoms with van der Waals surface area (Å²) in [6, 6.07) is 4.83. The molecule has 0 bridgehead atoms. The molecule has 1 aromatic carbocycles. The zero-order valence-corrected chi connectivity index (χ0v) is 17.6. The van der Waals surface area contributed by atoms with Crippen LogP contribution in [0.15, 0.2) is 12.1 Å². The van der Waals surface area contributed by atoms with Crippen molar-refractivity contribution in [2.75, 3.05) is 40.0 Å². The van der Waals surface area contributed by atoms with Crippen molar-refractivity contribution in [3.8, 4) is 5.75 Å². The lowest BCUT2D eigenvalue weighted by Crippen LogP contribution is -2.49.